The van der Waals surface area contributed by atoms with Crippen LogP contribution in [0, 0.1) is 11.8 Å². The largest absolute Gasteiger partial charge is 0.328 e. The van der Waals surface area contributed by atoms with Gasteiger partial charge in [0, 0.05) is 24.8 Å². The number of nitrogens with zero attached hydrogens (tertiary/aromatic N) is 1. The van der Waals surface area contributed by atoms with Crippen LogP contribution in [0.25, 0.3) is 0 Å². The number of aromatic nitrogens is 1. The molecule has 0 bridgehead atoms. The first kappa shape index (κ1) is 14.3. The van der Waals surface area contributed by atoms with Crippen molar-refractivity contribution in [2.45, 2.75) is 38.1 Å². The summed E-state index contributed by atoms with van der Waals surface area (Å²) < 4.78 is 26.8. The number of sulfonamides is 1. The minimum atomic E-state index is -3.53. The molecule has 0 aromatic carbocycles. The van der Waals surface area contributed by atoms with Crippen molar-refractivity contribution in [2.24, 2.45) is 11.8 Å². The van der Waals surface area contributed by atoms with Crippen molar-refractivity contribution >= 4 is 10.0 Å². The van der Waals surface area contributed by atoms with E-state index in [4.69, 9.17) is 0 Å². The molecule has 106 valence electrons. The molecule has 1 aliphatic rings. The van der Waals surface area contributed by atoms with Gasteiger partial charge < -0.3 is 4.98 Å². The average molecular weight is 284 g/mol. The Morgan fingerprint density at radius 3 is 2.53 bits per heavy atom. The predicted octanol–water partition coefficient (Wildman–Crippen LogP) is 1.43. The lowest BCUT2D eigenvalue weighted by Crippen LogP contribution is -2.48. The minimum Gasteiger partial charge on any atom is -0.328 e. The highest BCUT2D eigenvalue weighted by molar-refractivity contribution is 7.89. The summed E-state index contributed by atoms with van der Waals surface area (Å²) in [5.74, 6) is 0.685. The molecule has 0 spiro atoms. The number of aromatic amines is 1. The molecule has 0 amide bonds. The van der Waals surface area contributed by atoms with Crippen LogP contribution < -0.4 is 5.56 Å². The summed E-state index contributed by atoms with van der Waals surface area (Å²) in [5.41, 5.74) is -0.299. The molecule has 3 atom stereocenters. The topological polar surface area (TPSA) is 70.2 Å². The smallest absolute Gasteiger partial charge is 0.247 e. The van der Waals surface area contributed by atoms with E-state index < -0.39 is 10.0 Å². The Bertz CT molecular complexity index is 588. The molecule has 1 N–H and O–H groups in total. The monoisotopic (exact) mass is 284 g/mol. The van der Waals surface area contributed by atoms with E-state index in [0.717, 1.165) is 6.42 Å². The summed E-state index contributed by atoms with van der Waals surface area (Å²) in [7, 11) is -3.53. The molecule has 1 fully saturated rings. The maximum absolute atomic E-state index is 12.6. The Morgan fingerprint density at radius 1 is 1.26 bits per heavy atom. The molecular weight excluding hydrogens is 264 g/mol. The Balaban J connectivity index is 2.38. The van der Waals surface area contributed by atoms with Gasteiger partial charge in [-0.25, -0.2) is 8.42 Å². The first-order valence-electron chi connectivity index (χ1n) is 6.53. The van der Waals surface area contributed by atoms with E-state index >= 15 is 0 Å². The second-order valence-corrected chi connectivity index (χ2v) is 7.41. The van der Waals surface area contributed by atoms with E-state index in [1.54, 1.807) is 4.31 Å². The van der Waals surface area contributed by atoms with E-state index in [2.05, 4.69) is 18.8 Å². The molecule has 0 saturated carbocycles. The molecule has 1 saturated heterocycles. The van der Waals surface area contributed by atoms with Crippen LogP contribution in [0.15, 0.2) is 28.0 Å². The van der Waals surface area contributed by atoms with Crippen molar-refractivity contribution in [3.63, 3.8) is 0 Å². The molecule has 3 unspecified atom stereocenters. The van der Waals surface area contributed by atoms with E-state index in [1.165, 1.54) is 18.3 Å². The first-order chi connectivity index (χ1) is 8.82. The van der Waals surface area contributed by atoms with Gasteiger partial charge in [0.2, 0.25) is 15.6 Å². The Kier molecular flexibility index (Phi) is 3.82. The average Bonchev–Trinajstić information content (AvgIpc) is 2.34. The van der Waals surface area contributed by atoms with Gasteiger partial charge in [-0.15, -0.1) is 0 Å². The third-order valence-electron chi connectivity index (χ3n) is 3.91. The number of hydrogen-bond acceptors (Lipinski definition) is 3. The van der Waals surface area contributed by atoms with Crippen LogP contribution in [-0.4, -0.2) is 30.3 Å². The van der Waals surface area contributed by atoms with Crippen LogP contribution >= 0.6 is 0 Å². The molecule has 19 heavy (non-hydrogen) atoms. The fraction of sp³-hybridized carbons (Fsp3) is 0.615. The van der Waals surface area contributed by atoms with Gasteiger partial charge in [0.05, 0.1) is 4.90 Å². The summed E-state index contributed by atoms with van der Waals surface area (Å²) in [6, 6.07) is 2.59. The lowest BCUT2D eigenvalue weighted by atomic mass is 9.88. The van der Waals surface area contributed by atoms with Crippen LogP contribution in [-0.2, 0) is 10.0 Å². The number of hydrogen-bond donors (Lipinski definition) is 1. The summed E-state index contributed by atoms with van der Waals surface area (Å²) >= 11 is 0. The number of nitrogens with one attached hydrogen (secondary N) is 1. The Labute approximate surface area is 113 Å². The highest BCUT2D eigenvalue weighted by atomic mass is 32.2. The number of pyridine rings is 1. The highest BCUT2D eigenvalue weighted by Gasteiger charge is 2.37. The number of H-pyrrole nitrogens is 1. The van der Waals surface area contributed by atoms with E-state index in [0.29, 0.717) is 18.4 Å². The maximum atomic E-state index is 12.6. The third kappa shape index (κ3) is 2.74. The molecule has 0 radical (unpaired) electrons. The van der Waals surface area contributed by atoms with Gasteiger partial charge >= 0.3 is 0 Å². The lowest BCUT2D eigenvalue weighted by Gasteiger charge is -2.39. The van der Waals surface area contributed by atoms with Gasteiger partial charge in [0.1, 0.15) is 0 Å². The van der Waals surface area contributed by atoms with Crippen LogP contribution in [0.2, 0.25) is 0 Å². The molecule has 1 aromatic rings. The van der Waals surface area contributed by atoms with Gasteiger partial charge in [0.25, 0.3) is 0 Å². The fourth-order valence-electron chi connectivity index (χ4n) is 2.67. The van der Waals surface area contributed by atoms with E-state index in [9.17, 15) is 13.2 Å². The number of piperidine rings is 1. The second-order valence-electron chi connectivity index (χ2n) is 5.52. The predicted molar refractivity (Wildman–Crippen MR) is 73.4 cm³/mol. The summed E-state index contributed by atoms with van der Waals surface area (Å²) in [5, 5.41) is 0. The van der Waals surface area contributed by atoms with Crippen molar-refractivity contribution < 1.29 is 8.42 Å². The van der Waals surface area contributed by atoms with Crippen molar-refractivity contribution in [1.29, 1.82) is 0 Å². The van der Waals surface area contributed by atoms with Crippen LogP contribution in [0.3, 0.4) is 0 Å². The Morgan fingerprint density at radius 2 is 1.95 bits per heavy atom. The molecule has 1 aliphatic heterocycles. The van der Waals surface area contributed by atoms with Gasteiger partial charge in [0.15, 0.2) is 0 Å². The van der Waals surface area contributed by atoms with Crippen LogP contribution in [0.5, 0.6) is 0 Å². The van der Waals surface area contributed by atoms with Crippen LogP contribution in [0.4, 0.5) is 0 Å². The zero-order chi connectivity index (χ0) is 14.2. The van der Waals surface area contributed by atoms with E-state index in [-0.39, 0.29) is 16.5 Å². The molecule has 2 heterocycles. The lowest BCUT2D eigenvalue weighted by molar-refractivity contribution is 0.157. The third-order valence-corrected chi connectivity index (χ3v) is 5.85. The van der Waals surface area contributed by atoms with Gasteiger partial charge in [-0.05, 0) is 31.2 Å². The molecule has 1 aromatic heterocycles. The van der Waals surface area contributed by atoms with Crippen molar-refractivity contribution in [3.05, 3.63) is 28.7 Å². The molecular formula is C13H20N2O3S. The fourth-order valence-corrected chi connectivity index (χ4v) is 4.49. The SMILES string of the molecule is CC1CC(C)C(C)N(S(=O)(=O)c2ccc(=O)[nH]c2)C1. The number of rotatable bonds is 2. The normalized spacial score (nSPS) is 29.3. The standard InChI is InChI=1S/C13H20N2O3S/c1-9-6-10(2)11(3)15(8-9)19(17,18)12-4-5-13(16)14-7-12/h4-5,7,9-11H,6,8H2,1-3H3,(H,14,16). The van der Waals surface area contributed by atoms with Crippen molar-refractivity contribution in [3.8, 4) is 0 Å². The first-order valence-corrected chi connectivity index (χ1v) is 7.97. The summed E-state index contributed by atoms with van der Waals surface area (Å²) in [6.07, 6.45) is 2.31. The minimum absolute atomic E-state index is 0.0203. The van der Waals surface area contributed by atoms with Crippen LogP contribution in [0.1, 0.15) is 27.2 Å². The molecule has 6 heteroatoms. The zero-order valence-electron chi connectivity index (χ0n) is 11.5. The van der Waals surface area contributed by atoms with Gasteiger partial charge in [-0.3, -0.25) is 4.79 Å². The van der Waals surface area contributed by atoms with Crippen molar-refractivity contribution in [2.75, 3.05) is 6.54 Å². The maximum Gasteiger partial charge on any atom is 0.247 e. The summed E-state index contributed by atoms with van der Waals surface area (Å²) in [6.45, 7) is 6.63. The van der Waals surface area contributed by atoms with Crippen molar-refractivity contribution in [1.82, 2.24) is 9.29 Å². The van der Waals surface area contributed by atoms with Gasteiger partial charge in [-0.2, -0.15) is 4.31 Å². The van der Waals surface area contributed by atoms with Gasteiger partial charge in [-0.1, -0.05) is 13.8 Å². The summed E-state index contributed by atoms with van der Waals surface area (Å²) in [4.78, 5) is 13.6. The molecule has 5 nitrogen and oxygen atoms in total. The molecule has 0 aliphatic carbocycles. The van der Waals surface area contributed by atoms with E-state index in [1.807, 2.05) is 6.92 Å². The second kappa shape index (κ2) is 5.09. The zero-order valence-corrected chi connectivity index (χ0v) is 12.3. The Hall–Kier alpha value is -1.14. The quantitative estimate of drug-likeness (QED) is 0.893. The molecule has 2 rings (SSSR count). The highest BCUT2D eigenvalue weighted by Crippen LogP contribution is 2.31.